The first kappa shape index (κ1) is 30.5. The lowest BCUT2D eigenvalue weighted by Crippen LogP contribution is -2.30. The Labute approximate surface area is 236 Å². The minimum atomic E-state index is 0. The van der Waals surface area contributed by atoms with Crippen molar-refractivity contribution in [2.45, 2.75) is 36.5 Å². The molecule has 30 heavy (non-hydrogen) atoms. The summed E-state index contributed by atoms with van der Waals surface area (Å²) in [4.78, 5) is 4.96. The predicted octanol–water partition coefficient (Wildman–Crippen LogP) is 6.97. The lowest BCUT2D eigenvalue weighted by molar-refractivity contribution is 0.190. The second-order valence-corrected chi connectivity index (χ2v) is 7.76. The van der Waals surface area contributed by atoms with Crippen molar-refractivity contribution in [2.75, 3.05) is 50.7 Å². The van der Waals surface area contributed by atoms with E-state index in [4.69, 9.17) is 9.47 Å². The summed E-state index contributed by atoms with van der Waals surface area (Å²) in [5.41, 5.74) is 6.50. The van der Waals surface area contributed by atoms with Crippen molar-refractivity contribution in [1.82, 2.24) is 0 Å². The van der Waals surface area contributed by atoms with Crippen molar-refractivity contribution in [1.29, 1.82) is 0 Å². The summed E-state index contributed by atoms with van der Waals surface area (Å²) in [6, 6.07) is 11.2. The van der Waals surface area contributed by atoms with Crippen LogP contribution in [0.3, 0.4) is 0 Å². The maximum Gasteiger partial charge on any atom is 0.0637 e. The van der Waals surface area contributed by atoms with Gasteiger partial charge < -0.3 is 19.7 Å². The van der Waals surface area contributed by atoms with Crippen LogP contribution in [0.5, 0.6) is 0 Å². The van der Waals surface area contributed by atoms with Crippen LogP contribution >= 0.6 is 83.7 Å². The number of nitrogens with one attached hydrogen (secondary N) is 1. The fourth-order valence-corrected chi connectivity index (χ4v) is 4.59. The average Bonchev–Trinajstić information content (AvgIpc) is 2.71. The number of anilines is 3. The van der Waals surface area contributed by atoms with Gasteiger partial charge in [-0.15, -0.1) is 71.9 Å². The van der Waals surface area contributed by atoms with Crippen LogP contribution in [0.25, 0.3) is 0 Å². The topological polar surface area (TPSA) is 33.7 Å². The van der Waals surface area contributed by atoms with E-state index in [1.54, 1.807) is 14.2 Å². The molecule has 0 radical (unpaired) electrons. The molecule has 1 aliphatic rings. The molecule has 4 nitrogen and oxygen atoms in total. The van der Waals surface area contributed by atoms with Gasteiger partial charge in [0.25, 0.3) is 0 Å². The van der Waals surface area contributed by atoms with Crippen LogP contribution in [0.15, 0.2) is 40.1 Å². The molecule has 170 valence electrons. The normalized spacial score (nSPS) is 11.1. The van der Waals surface area contributed by atoms with Crippen LogP contribution in [-0.2, 0) is 22.3 Å². The van der Waals surface area contributed by atoms with Crippen LogP contribution in [-0.4, -0.2) is 40.5 Å². The van der Waals surface area contributed by atoms with Gasteiger partial charge in [0.1, 0.15) is 0 Å². The number of benzene rings is 2. The predicted molar refractivity (Wildman–Crippen MR) is 161 cm³/mol. The van der Waals surface area contributed by atoms with Gasteiger partial charge in [0.15, 0.2) is 0 Å². The zero-order valence-electron chi connectivity index (χ0n) is 18.0. The molecule has 3 rings (SSSR count). The number of rotatable bonds is 9. The molecule has 0 unspecified atom stereocenters. The zero-order chi connectivity index (χ0) is 19.2. The van der Waals surface area contributed by atoms with Crippen LogP contribution in [0.1, 0.15) is 25.0 Å². The number of nitrogens with zero attached hydrogens (tertiary/aromatic N) is 1. The van der Waals surface area contributed by atoms with Crippen molar-refractivity contribution < 1.29 is 9.47 Å². The summed E-state index contributed by atoms with van der Waals surface area (Å²) in [7, 11) is 3.50. The van der Waals surface area contributed by atoms with E-state index in [0.717, 1.165) is 25.9 Å². The van der Waals surface area contributed by atoms with Crippen molar-refractivity contribution in [3.8, 4) is 0 Å². The minimum absolute atomic E-state index is 0. The molecule has 0 bridgehead atoms. The Morgan fingerprint density at radius 2 is 1.43 bits per heavy atom. The highest BCUT2D eigenvalue weighted by molar-refractivity contribution is 14.0. The summed E-state index contributed by atoms with van der Waals surface area (Å²) in [5, 5.41) is 3.74. The van der Waals surface area contributed by atoms with E-state index in [9.17, 15) is 0 Å². The highest BCUT2D eigenvalue weighted by Crippen LogP contribution is 2.48. The van der Waals surface area contributed by atoms with Crippen LogP contribution < -0.4 is 10.2 Å². The van der Waals surface area contributed by atoms with Gasteiger partial charge in [-0.25, -0.2) is 0 Å². The van der Waals surface area contributed by atoms with Crippen LogP contribution in [0.2, 0.25) is 0 Å². The first-order valence-electron chi connectivity index (χ1n) is 9.68. The van der Waals surface area contributed by atoms with Crippen molar-refractivity contribution in [3.63, 3.8) is 0 Å². The molecule has 0 fully saturated rings. The van der Waals surface area contributed by atoms with Gasteiger partial charge in [-0.3, -0.25) is 0 Å². The van der Waals surface area contributed by atoms with Gasteiger partial charge in [-0.2, -0.15) is 0 Å². The number of aryl methyl sites for hydroxylation is 2. The van der Waals surface area contributed by atoms with E-state index in [1.807, 2.05) is 11.8 Å². The Balaban J connectivity index is 0.00000280. The molecule has 0 saturated carbocycles. The molecular formula is C22H33I3N2O2S. The standard InChI is InChI=1S/C22H30N2O2S.3HI/c1-5-16-8-7-9-19-21(16)23-22-17(6-2)14-18(15-20(22)27-19)24(10-12-25-3)11-13-26-4;;;/h7-9,14-15,23H,5-6,10-13H2,1-4H3;3*1H. The first-order chi connectivity index (χ1) is 13.2. The summed E-state index contributed by atoms with van der Waals surface area (Å²) >= 11 is 1.87. The Hall–Kier alpha value is 0.500. The minimum Gasteiger partial charge on any atom is -0.383 e. The van der Waals surface area contributed by atoms with Gasteiger partial charge in [0.05, 0.1) is 24.6 Å². The van der Waals surface area contributed by atoms with Gasteiger partial charge in [0, 0.05) is 42.8 Å². The average molecular weight is 770 g/mol. The number of para-hydroxylation sites is 1. The Morgan fingerprint density at radius 1 is 0.833 bits per heavy atom. The summed E-state index contributed by atoms with van der Waals surface area (Å²) in [6.45, 7) is 7.56. The van der Waals surface area contributed by atoms with Crippen molar-refractivity contribution in [2.24, 2.45) is 0 Å². The van der Waals surface area contributed by atoms with Gasteiger partial charge in [-0.1, -0.05) is 37.7 Å². The molecule has 0 amide bonds. The molecule has 0 atom stereocenters. The van der Waals surface area contributed by atoms with Crippen molar-refractivity contribution >= 4 is 101 Å². The number of methoxy groups -OCH3 is 2. The molecule has 2 aromatic rings. The SMILES string of the molecule is CCc1cccc2c1Nc1c(CC)cc(N(CCOC)CCOC)cc1S2.I.I.I. The Bertz CT molecular complexity index is 785. The van der Waals surface area contributed by atoms with Crippen LogP contribution in [0, 0.1) is 0 Å². The molecule has 1 heterocycles. The Morgan fingerprint density at radius 3 is 2.00 bits per heavy atom. The maximum atomic E-state index is 5.31. The highest BCUT2D eigenvalue weighted by Gasteiger charge is 2.22. The molecular weight excluding hydrogens is 737 g/mol. The van der Waals surface area contributed by atoms with Crippen LogP contribution in [0.4, 0.5) is 17.1 Å². The van der Waals surface area contributed by atoms with Gasteiger partial charge in [0.2, 0.25) is 0 Å². The number of ether oxygens (including phenoxy) is 2. The molecule has 0 saturated heterocycles. The third-order valence-corrected chi connectivity index (χ3v) is 6.11. The molecule has 1 N–H and O–H groups in total. The van der Waals surface area contributed by atoms with E-state index in [1.165, 1.54) is 38.0 Å². The fraction of sp³-hybridized carbons (Fsp3) is 0.455. The fourth-order valence-electron chi connectivity index (χ4n) is 3.46. The quantitative estimate of drug-likeness (QED) is 0.238. The molecule has 8 heteroatoms. The Kier molecular flexibility index (Phi) is 15.6. The van der Waals surface area contributed by atoms with E-state index < -0.39 is 0 Å². The number of halogens is 3. The van der Waals surface area contributed by atoms with E-state index in [-0.39, 0.29) is 71.9 Å². The summed E-state index contributed by atoms with van der Waals surface area (Å²) in [6.07, 6.45) is 2.03. The van der Waals surface area contributed by atoms with Gasteiger partial charge >= 0.3 is 0 Å². The monoisotopic (exact) mass is 770 g/mol. The van der Waals surface area contributed by atoms with E-state index >= 15 is 0 Å². The second-order valence-electron chi connectivity index (χ2n) is 6.68. The zero-order valence-corrected chi connectivity index (χ0v) is 25.8. The first-order valence-corrected chi connectivity index (χ1v) is 10.5. The number of hydrogen-bond acceptors (Lipinski definition) is 5. The maximum absolute atomic E-state index is 5.31. The highest BCUT2D eigenvalue weighted by atomic mass is 127. The smallest absolute Gasteiger partial charge is 0.0637 e. The molecule has 2 aromatic carbocycles. The van der Waals surface area contributed by atoms with Crippen molar-refractivity contribution in [3.05, 3.63) is 41.5 Å². The lowest BCUT2D eigenvalue weighted by Gasteiger charge is -2.29. The molecule has 1 aliphatic heterocycles. The van der Waals surface area contributed by atoms with E-state index in [2.05, 4.69) is 54.4 Å². The molecule has 0 aliphatic carbocycles. The third-order valence-electron chi connectivity index (χ3n) is 5.01. The summed E-state index contributed by atoms with van der Waals surface area (Å²) in [5.74, 6) is 0. The number of hydrogen-bond donors (Lipinski definition) is 1. The number of fused-ring (bicyclic) bond motifs is 2. The molecule has 0 aromatic heterocycles. The van der Waals surface area contributed by atoms with Gasteiger partial charge in [-0.05, 0) is 42.2 Å². The lowest BCUT2D eigenvalue weighted by atomic mass is 10.1. The molecule has 0 spiro atoms. The summed E-state index contributed by atoms with van der Waals surface area (Å²) < 4.78 is 10.6. The largest absolute Gasteiger partial charge is 0.383 e. The van der Waals surface area contributed by atoms with E-state index in [0.29, 0.717) is 13.2 Å². The third kappa shape index (κ3) is 7.26. The second kappa shape index (κ2) is 15.4.